The van der Waals surface area contributed by atoms with Gasteiger partial charge < -0.3 is 18.8 Å². The van der Waals surface area contributed by atoms with Crippen molar-refractivity contribution >= 4 is 96.8 Å². The summed E-state index contributed by atoms with van der Waals surface area (Å²) in [4.78, 5) is 20.4. The van der Waals surface area contributed by atoms with Gasteiger partial charge in [0.05, 0.1) is 80.3 Å². The summed E-state index contributed by atoms with van der Waals surface area (Å²) in [5.74, 6) is -0.140. The van der Waals surface area contributed by atoms with Gasteiger partial charge in [-0.25, -0.2) is 19.9 Å². The van der Waals surface area contributed by atoms with E-state index in [2.05, 4.69) is 139 Å². The van der Waals surface area contributed by atoms with E-state index in [0.29, 0.717) is 62.4 Å². The maximum atomic E-state index is 12.5. The summed E-state index contributed by atoms with van der Waals surface area (Å²) < 4.78 is 110. The Morgan fingerprint density at radius 2 is 0.937 bits per heavy atom. The summed E-state index contributed by atoms with van der Waals surface area (Å²) >= 11 is 14.3. The first-order valence-electron chi connectivity index (χ1n) is 30.0. The first kappa shape index (κ1) is 71.3. The minimum atomic E-state index is -4.44. The average Bonchev–Trinajstić information content (AvgIpc) is 1.65. The van der Waals surface area contributed by atoms with Gasteiger partial charge in [-0.2, -0.15) is 62.0 Å². The Labute approximate surface area is 567 Å². The highest BCUT2D eigenvalue weighted by Gasteiger charge is 2.52. The molecule has 2 aliphatic rings. The van der Waals surface area contributed by atoms with Crippen LogP contribution in [0.5, 0.6) is 11.8 Å². The van der Waals surface area contributed by atoms with E-state index in [-0.39, 0.29) is 42.2 Å². The van der Waals surface area contributed by atoms with Gasteiger partial charge >= 0.3 is 19.5 Å². The van der Waals surface area contributed by atoms with Crippen molar-refractivity contribution < 1.29 is 45.1 Å². The fourth-order valence-electron chi connectivity index (χ4n) is 9.70. The first-order valence-corrected chi connectivity index (χ1v) is 31.8. The molecule has 95 heavy (non-hydrogen) atoms. The standard InChI is InChI=1S/C15H16F3N5O.C15H15F3N4O.C13H14ClN5.C12H21BN2O2.C7H5ClIN3/c1-9(2)23-7-10(6-20-23)13-12-11(22(3)21-13)4-5-19-14(12)24-8-15(16,17)18;1-9(2)22-7-11(6-21-22)13-12-10(5-20-13)3-4-19-14(12)23-8-15(16,17)18;1-8(2)19-7-9(6-16-19)12-11-10(18(3)17-12)4-5-15-13(11)14;1-9(2)15-8-10(7-14-15)13-16-11(3,4)12(5,6)17-13;1-12-4-2-3-10-6(8)5(4)7(9)11-12/h4-7,9H,8H2,1-3H3;3-4,6-7,9H,5,8H2,1-2H3;4-8H,1-3H3;7-9H,1-6H3;2-3H,1H3. The van der Waals surface area contributed by atoms with Crippen molar-refractivity contribution in [2.24, 2.45) is 26.1 Å². The fourth-order valence-corrected chi connectivity index (χ4v) is 11.2. The zero-order valence-electron chi connectivity index (χ0n) is 54.8. The van der Waals surface area contributed by atoms with Crippen LogP contribution in [0, 0.1) is 3.70 Å². The Kier molecular flexibility index (Phi) is 21.6. The number of halogens is 9. The third-order valence-electron chi connectivity index (χ3n) is 15.4. The van der Waals surface area contributed by atoms with Gasteiger partial charge in [0, 0.05) is 123 Å². The minimum Gasteiger partial charge on any atom is -0.468 e. The molecule has 1 fully saturated rings. The summed E-state index contributed by atoms with van der Waals surface area (Å²) in [6.45, 7) is 22.1. The Hall–Kier alpha value is -8.01. The van der Waals surface area contributed by atoms with Crippen LogP contribution in [0.25, 0.3) is 55.2 Å². The smallest absolute Gasteiger partial charge is 0.468 e. The highest BCUT2D eigenvalue weighted by molar-refractivity contribution is 14.1. The van der Waals surface area contributed by atoms with Gasteiger partial charge in [-0.05, 0) is 136 Å². The molecule has 2 aliphatic heterocycles. The van der Waals surface area contributed by atoms with Crippen molar-refractivity contribution in [1.29, 1.82) is 0 Å². The SMILES string of the molecule is CC(C)n1cc(-c2nn(C)c3ccnc(Cl)c23)cn1.CC(C)n1cc(-c2nn(C)c3ccnc(OCC(F)(F)F)c23)cn1.CC(C)n1cc(B2OC(C)(C)C(C)(C)O2)cn1.CC(C)n1cc(C2=NCc3ccnc(OCC(F)(F)F)c32)cn1.Cn1nc(I)c2c(Cl)nccc21. The summed E-state index contributed by atoms with van der Waals surface area (Å²) in [6.07, 6.45) is 11.9. The van der Waals surface area contributed by atoms with Gasteiger partial charge in [0.25, 0.3) is 0 Å². The van der Waals surface area contributed by atoms with Crippen molar-refractivity contribution in [3.05, 3.63) is 129 Å². The third-order valence-corrected chi connectivity index (χ3v) is 16.7. The molecule has 0 atom stereocenters. The number of aromatic nitrogens is 18. The van der Waals surface area contributed by atoms with E-state index in [1.807, 2.05) is 99.0 Å². The van der Waals surface area contributed by atoms with E-state index in [1.165, 1.54) is 12.4 Å². The van der Waals surface area contributed by atoms with Gasteiger partial charge in [-0.3, -0.25) is 37.8 Å². The van der Waals surface area contributed by atoms with E-state index >= 15 is 0 Å². The first-order chi connectivity index (χ1) is 44.6. The van der Waals surface area contributed by atoms with Crippen LogP contribution in [0.4, 0.5) is 26.3 Å². The molecule has 0 radical (unpaired) electrons. The van der Waals surface area contributed by atoms with E-state index in [1.54, 1.807) is 68.9 Å². The van der Waals surface area contributed by atoms with Crippen molar-refractivity contribution in [2.45, 2.75) is 137 Å². The number of fused-ring (bicyclic) bond motifs is 4. The zero-order chi connectivity index (χ0) is 69.2. The molecule has 0 unspecified atom stereocenters. The molecule has 0 spiro atoms. The molecule has 33 heteroatoms. The van der Waals surface area contributed by atoms with Crippen molar-refractivity contribution in [1.82, 2.24) is 88.4 Å². The number of nitrogens with zero attached hydrogens (tertiary/aromatic N) is 19. The largest absolute Gasteiger partial charge is 0.498 e. The molecule has 13 heterocycles. The van der Waals surface area contributed by atoms with Crippen LogP contribution in [0.2, 0.25) is 10.3 Å². The van der Waals surface area contributed by atoms with Crippen molar-refractivity contribution in [2.75, 3.05) is 13.2 Å². The van der Waals surface area contributed by atoms with Crippen LogP contribution in [-0.4, -0.2) is 138 Å². The second-order valence-corrected chi connectivity index (χ2v) is 26.1. The number of ether oxygens (including phenoxy) is 2. The number of aliphatic imine (C=N–C) groups is 1. The van der Waals surface area contributed by atoms with Crippen LogP contribution in [0.15, 0.2) is 104 Å². The molecule has 11 aromatic rings. The molecule has 504 valence electrons. The molecule has 0 N–H and O–H groups in total. The molecule has 23 nitrogen and oxygen atoms in total. The Balaban J connectivity index is 0.000000142. The van der Waals surface area contributed by atoms with Gasteiger partial charge in [0.15, 0.2) is 13.2 Å². The predicted molar refractivity (Wildman–Crippen MR) is 359 cm³/mol. The lowest BCUT2D eigenvalue weighted by Gasteiger charge is -2.32. The highest BCUT2D eigenvalue weighted by atomic mass is 127. The highest BCUT2D eigenvalue weighted by Crippen LogP contribution is 2.38. The fraction of sp³-hybridized carbons (Fsp3) is 0.419. The summed E-state index contributed by atoms with van der Waals surface area (Å²) in [7, 11) is 5.19. The van der Waals surface area contributed by atoms with Crippen molar-refractivity contribution in [3.8, 4) is 34.3 Å². The topological polar surface area (TPSA) is 226 Å². The molecule has 0 amide bonds. The normalized spacial score (nSPS) is 14.2. The molecule has 0 saturated carbocycles. The number of hydrogen-bond acceptors (Lipinski definition) is 16. The third kappa shape index (κ3) is 16.5. The number of rotatable bonds is 12. The lowest BCUT2D eigenvalue weighted by molar-refractivity contribution is -0.154. The summed E-state index contributed by atoms with van der Waals surface area (Å²) in [5.41, 5.74) is 8.58. The van der Waals surface area contributed by atoms with Crippen molar-refractivity contribution in [3.63, 3.8) is 0 Å². The van der Waals surface area contributed by atoms with Gasteiger partial charge in [0.2, 0.25) is 11.8 Å². The van der Waals surface area contributed by atoms with E-state index in [4.69, 9.17) is 42.0 Å². The Morgan fingerprint density at radius 1 is 0.537 bits per heavy atom. The Morgan fingerprint density at radius 3 is 1.42 bits per heavy atom. The van der Waals surface area contributed by atoms with Crippen LogP contribution in [0.1, 0.15) is 124 Å². The number of pyridine rings is 4. The van der Waals surface area contributed by atoms with Crippen LogP contribution >= 0.6 is 45.8 Å². The number of alkyl halides is 6. The minimum absolute atomic E-state index is 0.0478. The lowest BCUT2D eigenvalue weighted by atomic mass is 9.82. The molecule has 0 aromatic carbocycles. The summed E-state index contributed by atoms with van der Waals surface area (Å²) in [5, 5.41) is 33.5. The molecular weight excluding hydrogens is 1400 g/mol. The van der Waals surface area contributed by atoms with E-state index < -0.39 is 25.6 Å². The van der Waals surface area contributed by atoms with E-state index in [9.17, 15) is 26.3 Å². The van der Waals surface area contributed by atoms with E-state index in [0.717, 1.165) is 53.4 Å². The second kappa shape index (κ2) is 28.8. The van der Waals surface area contributed by atoms with Gasteiger partial charge in [0.1, 0.15) is 25.4 Å². The van der Waals surface area contributed by atoms with Crippen LogP contribution in [-0.2, 0) is 37.0 Å². The van der Waals surface area contributed by atoms with Crippen LogP contribution in [0.3, 0.4) is 0 Å². The molecule has 11 aromatic heterocycles. The second-order valence-electron chi connectivity index (χ2n) is 24.3. The molecule has 1 saturated heterocycles. The summed E-state index contributed by atoms with van der Waals surface area (Å²) in [6, 6.07) is 8.23. The Bertz CT molecular complexity index is 4490. The molecule has 0 bridgehead atoms. The average molecular weight is 1470 g/mol. The van der Waals surface area contributed by atoms with Gasteiger partial charge in [-0.1, -0.05) is 23.2 Å². The van der Waals surface area contributed by atoms with Gasteiger partial charge in [-0.15, -0.1) is 0 Å². The number of aryl methyl sites for hydroxylation is 3. The monoisotopic (exact) mass is 1470 g/mol. The molecular formula is C62H71BCl2F6IN19O4. The predicted octanol–water partition coefficient (Wildman–Crippen LogP) is 13.6. The number of hydrogen-bond donors (Lipinski definition) is 0. The maximum absolute atomic E-state index is 12.5. The molecule has 0 aliphatic carbocycles. The lowest BCUT2D eigenvalue weighted by Crippen LogP contribution is -2.41. The maximum Gasteiger partial charge on any atom is 0.498 e. The van der Waals surface area contributed by atoms with Crippen LogP contribution < -0.4 is 14.9 Å². The molecule has 13 rings (SSSR count). The zero-order valence-corrected chi connectivity index (χ0v) is 58.4. The quantitative estimate of drug-likeness (QED) is 0.0480.